The highest BCUT2D eigenvalue weighted by atomic mass is 32.2. The van der Waals surface area contributed by atoms with Crippen LogP contribution < -0.4 is 9.47 Å². The van der Waals surface area contributed by atoms with Crippen molar-refractivity contribution in [3.63, 3.8) is 0 Å². The van der Waals surface area contributed by atoms with E-state index in [1.807, 2.05) is 6.92 Å². The van der Waals surface area contributed by atoms with E-state index < -0.39 is 10.1 Å². The second-order valence-electron chi connectivity index (χ2n) is 9.94. The van der Waals surface area contributed by atoms with Gasteiger partial charge in [0.1, 0.15) is 43.4 Å². The van der Waals surface area contributed by atoms with Gasteiger partial charge in [0.2, 0.25) is 5.52 Å². The van der Waals surface area contributed by atoms with Crippen LogP contribution in [-0.2, 0) is 16.7 Å². The van der Waals surface area contributed by atoms with Crippen LogP contribution in [0.15, 0.2) is 75.0 Å². The Kier molecular flexibility index (Phi) is 8.81. The maximum Gasteiger partial charge on any atom is 0.263 e. The Balaban J connectivity index is 0.000000265. The molecule has 0 fully saturated rings. The molecule has 0 N–H and O–H groups in total. The Labute approximate surface area is 272 Å². The highest BCUT2D eigenvalue weighted by molar-refractivity contribution is 8.04. The topological polar surface area (TPSA) is 116 Å². The van der Waals surface area contributed by atoms with E-state index in [-0.39, 0.29) is 4.90 Å². The van der Waals surface area contributed by atoms with Gasteiger partial charge >= 0.3 is 0 Å². The van der Waals surface area contributed by atoms with Crippen LogP contribution in [0, 0.1) is 6.92 Å². The number of nitrogens with zero attached hydrogens (tertiary/aromatic N) is 6. The van der Waals surface area contributed by atoms with E-state index in [9.17, 15) is 13.0 Å². The van der Waals surface area contributed by atoms with Gasteiger partial charge in [0.25, 0.3) is 5.01 Å². The second-order valence-corrected chi connectivity index (χ2v) is 14.4. The van der Waals surface area contributed by atoms with Crippen molar-refractivity contribution in [1.82, 2.24) is 17.5 Å². The Hall–Kier alpha value is -3.27. The van der Waals surface area contributed by atoms with Gasteiger partial charge in [-0.05, 0) is 69.2 Å². The molecule has 0 radical (unpaired) electrons. The third kappa shape index (κ3) is 5.89. The quantitative estimate of drug-likeness (QED) is 0.131. The van der Waals surface area contributed by atoms with Gasteiger partial charge in [0, 0.05) is 18.7 Å². The lowest BCUT2D eigenvalue weighted by Crippen LogP contribution is -2.33. The van der Waals surface area contributed by atoms with Crippen molar-refractivity contribution < 1.29 is 17.5 Å². The zero-order valence-electron chi connectivity index (χ0n) is 24.3. The van der Waals surface area contributed by atoms with E-state index in [1.165, 1.54) is 72.0 Å². The van der Waals surface area contributed by atoms with Gasteiger partial charge in [-0.2, -0.15) is 22.1 Å². The predicted octanol–water partition coefficient (Wildman–Crippen LogP) is 7.38. The molecule has 0 bridgehead atoms. The summed E-state index contributed by atoms with van der Waals surface area (Å²) in [5.41, 5.74) is 8.68. The minimum absolute atomic E-state index is 0.178. The summed E-state index contributed by atoms with van der Waals surface area (Å²) in [7, 11) is -4.27. The largest absolute Gasteiger partial charge is 0.744 e. The van der Waals surface area contributed by atoms with Crippen LogP contribution in [0.1, 0.15) is 37.8 Å². The van der Waals surface area contributed by atoms with Crippen molar-refractivity contribution in [1.29, 1.82) is 0 Å². The third-order valence-electron chi connectivity index (χ3n) is 7.22. The summed E-state index contributed by atoms with van der Waals surface area (Å²) < 4.78 is 52.7. The van der Waals surface area contributed by atoms with Crippen molar-refractivity contribution in [3.8, 4) is 0 Å². The molecule has 0 saturated carbocycles. The fourth-order valence-electron chi connectivity index (χ4n) is 4.95. The number of aromatic nitrogens is 5. The number of hydrogen-bond donors (Lipinski definition) is 0. The van der Waals surface area contributed by atoms with Crippen LogP contribution in [0.2, 0.25) is 0 Å². The van der Waals surface area contributed by atoms with Crippen LogP contribution >= 0.6 is 46.6 Å². The number of hydrogen-bond acceptors (Lipinski definition) is 12. The maximum absolute atomic E-state index is 10.4. The zero-order chi connectivity index (χ0) is 31.0. The first-order valence-electron chi connectivity index (χ1n) is 13.9. The highest BCUT2D eigenvalue weighted by Crippen LogP contribution is 2.49. The van der Waals surface area contributed by atoms with Crippen LogP contribution in [-0.4, -0.2) is 37.0 Å². The van der Waals surface area contributed by atoms with Crippen LogP contribution in [0.5, 0.6) is 0 Å². The Morgan fingerprint density at radius 1 is 0.932 bits per heavy atom. The molecule has 3 aromatic carbocycles. The van der Waals surface area contributed by atoms with E-state index >= 15 is 0 Å². The van der Waals surface area contributed by atoms with Gasteiger partial charge in [0.15, 0.2) is 0 Å². The molecule has 226 valence electrons. The molecule has 44 heavy (non-hydrogen) atoms. The first-order valence-corrected chi connectivity index (χ1v) is 18.4. The molecule has 0 aliphatic carbocycles. The van der Waals surface area contributed by atoms with Crippen molar-refractivity contribution in [2.24, 2.45) is 0 Å². The smallest absolute Gasteiger partial charge is 0.263 e. The lowest BCUT2D eigenvalue weighted by atomic mass is 10.2. The van der Waals surface area contributed by atoms with Crippen LogP contribution in [0.4, 0.5) is 5.69 Å². The third-order valence-corrected chi connectivity index (χ3v) is 11.5. The summed E-state index contributed by atoms with van der Waals surface area (Å²) in [4.78, 5) is 3.42. The standard InChI is InChI=1S/C23H21N6S4.C7H8O3S/c1-4-13(11-18-28(5-2)16-9-7-14-20(22(16)30-18)26-32-24-14)12-19-29(6-3)17-10-8-15-21(23(17)31-19)27-33-25-15;1-6-2-4-7(5-3-6)11(8,9)10/h7-12H,4-6H2,1-3H3;2-5H,1H3,(H,8,9,10)/q+1;/p-1. The van der Waals surface area contributed by atoms with Crippen molar-refractivity contribution >= 4 is 101 Å². The number of fused-ring (bicyclic) bond motifs is 6. The molecule has 0 atom stereocenters. The van der Waals surface area contributed by atoms with Crippen molar-refractivity contribution in [2.45, 2.75) is 50.5 Å². The van der Waals surface area contributed by atoms with Gasteiger partial charge in [-0.15, -0.1) is 0 Å². The summed E-state index contributed by atoms with van der Waals surface area (Å²) in [5, 5.41) is 2.49. The Bertz CT molecular complexity index is 2160. The van der Waals surface area contributed by atoms with Crippen molar-refractivity contribution in [3.05, 3.63) is 75.8 Å². The van der Waals surface area contributed by atoms with Crippen LogP contribution in [0.25, 0.3) is 38.4 Å². The number of benzene rings is 3. The number of aryl methyl sites for hydroxylation is 2. The van der Waals surface area contributed by atoms with E-state index in [0.29, 0.717) is 0 Å². The SMILES string of the molecule is CCC(=C/c1sc2c3nsnc3ccc2[n+]1CC)/C=C1\Sc2c(ccc3nsnc23)N1CC.Cc1ccc(S(=O)(=O)[O-])cc1. The fraction of sp³-hybridized carbons (Fsp3) is 0.233. The Morgan fingerprint density at radius 2 is 1.61 bits per heavy atom. The molecule has 4 heterocycles. The Morgan fingerprint density at radius 3 is 2.27 bits per heavy atom. The molecule has 3 aromatic heterocycles. The summed E-state index contributed by atoms with van der Waals surface area (Å²) in [6.45, 7) is 10.3. The summed E-state index contributed by atoms with van der Waals surface area (Å²) in [6, 6.07) is 14.3. The molecule has 0 saturated heterocycles. The van der Waals surface area contributed by atoms with Gasteiger partial charge in [0.05, 0.1) is 44.0 Å². The van der Waals surface area contributed by atoms with Gasteiger partial charge in [-0.1, -0.05) is 47.7 Å². The number of thioether (sulfide) groups is 1. The van der Waals surface area contributed by atoms with E-state index in [4.69, 9.17) is 0 Å². The molecule has 7 rings (SSSR count). The molecule has 1 aliphatic heterocycles. The average Bonchev–Trinajstić information content (AvgIpc) is 3.80. The molecule has 0 amide bonds. The minimum atomic E-state index is -4.27. The van der Waals surface area contributed by atoms with E-state index in [1.54, 1.807) is 35.2 Å². The average molecular weight is 681 g/mol. The number of allylic oxidation sites excluding steroid dienone is 2. The van der Waals surface area contributed by atoms with E-state index in [0.717, 1.165) is 47.1 Å². The van der Waals surface area contributed by atoms with Crippen LogP contribution in [0.3, 0.4) is 0 Å². The monoisotopic (exact) mass is 680 g/mol. The molecular formula is C30H28N6O3S5. The second kappa shape index (κ2) is 12.6. The number of anilines is 1. The first-order chi connectivity index (χ1) is 21.2. The van der Waals surface area contributed by atoms with Gasteiger partial charge < -0.3 is 9.45 Å². The van der Waals surface area contributed by atoms with E-state index in [2.05, 4.69) is 84.1 Å². The zero-order valence-corrected chi connectivity index (χ0v) is 28.4. The highest BCUT2D eigenvalue weighted by Gasteiger charge is 2.28. The lowest BCUT2D eigenvalue weighted by molar-refractivity contribution is -0.665. The molecule has 0 unspecified atom stereocenters. The molecule has 1 aliphatic rings. The minimum Gasteiger partial charge on any atom is -0.744 e. The summed E-state index contributed by atoms with van der Waals surface area (Å²) >= 11 is 6.18. The predicted molar refractivity (Wildman–Crippen MR) is 180 cm³/mol. The first kappa shape index (κ1) is 30.7. The molecule has 6 aromatic rings. The van der Waals surface area contributed by atoms with Crippen molar-refractivity contribution in [2.75, 3.05) is 11.4 Å². The molecule has 0 spiro atoms. The molecule has 9 nitrogen and oxygen atoms in total. The van der Waals surface area contributed by atoms with Gasteiger partial charge in [-0.25, -0.2) is 8.42 Å². The summed E-state index contributed by atoms with van der Waals surface area (Å²) in [5.74, 6) is 0. The van der Waals surface area contributed by atoms with Gasteiger partial charge in [-0.3, -0.25) is 0 Å². The molecule has 14 heteroatoms. The maximum atomic E-state index is 10.4. The normalized spacial score (nSPS) is 14.5. The fourth-order valence-corrected chi connectivity index (χ4v) is 9.20. The summed E-state index contributed by atoms with van der Waals surface area (Å²) in [6.07, 6.45) is 5.63. The molecular weight excluding hydrogens is 653 g/mol. The number of rotatable bonds is 6. The number of thiazole rings is 1. The lowest BCUT2D eigenvalue weighted by Gasteiger charge is -2.18.